The molecule has 224 valence electrons. The summed E-state index contributed by atoms with van der Waals surface area (Å²) < 4.78 is 53.5. The van der Waals surface area contributed by atoms with Gasteiger partial charge in [-0.3, -0.25) is 32.5 Å². The Morgan fingerprint density at radius 2 is 1.85 bits per heavy atom. The van der Waals surface area contributed by atoms with E-state index in [-0.39, 0.29) is 24.4 Å². The number of aryl methyl sites for hydroxylation is 1. The summed E-state index contributed by atoms with van der Waals surface area (Å²) >= 11 is 0. The number of imidazole rings is 1. The standard InChI is InChI=1S/C20H27N7O12P2/c1-10-5-26(20(29)25-19(10)28)14-3-2-11(37-14)6-36-41(33,34)39-12-4-15(38-13(12)7-35-40(30,31)32)27-9-24-16-17(21)22-8-23-18(16)27/h5,8-9,11-15H,2-4,6-7H2,1H3,(H,33,34)(H2,21,22,23)(H,25,28,29)(H2,30,31,32)/t11-,12-,13+,14+,15+/m0/s1. The van der Waals surface area contributed by atoms with Gasteiger partial charge in [-0.05, 0) is 19.8 Å². The Morgan fingerprint density at radius 1 is 1.07 bits per heavy atom. The molecule has 2 saturated heterocycles. The maximum atomic E-state index is 12.9. The Balaban J connectivity index is 1.24. The summed E-state index contributed by atoms with van der Waals surface area (Å²) in [6.07, 6.45) is -0.0557. The van der Waals surface area contributed by atoms with Crippen LogP contribution in [0.15, 0.2) is 28.4 Å². The third kappa shape index (κ3) is 6.81. The number of hydrogen-bond donors (Lipinski definition) is 5. The van der Waals surface area contributed by atoms with Gasteiger partial charge in [0.15, 0.2) is 11.5 Å². The first-order valence-corrected chi connectivity index (χ1v) is 15.2. The van der Waals surface area contributed by atoms with Crippen LogP contribution in [0.4, 0.5) is 5.82 Å². The van der Waals surface area contributed by atoms with Crippen LogP contribution >= 0.6 is 15.6 Å². The van der Waals surface area contributed by atoms with Crippen molar-refractivity contribution in [1.82, 2.24) is 29.1 Å². The molecule has 5 rings (SSSR count). The number of anilines is 1. The van der Waals surface area contributed by atoms with E-state index in [0.29, 0.717) is 24.1 Å². The molecular weight excluding hydrogens is 592 g/mol. The van der Waals surface area contributed by atoms with Crippen LogP contribution in [0.25, 0.3) is 11.2 Å². The lowest BCUT2D eigenvalue weighted by Gasteiger charge is -2.22. The van der Waals surface area contributed by atoms with Crippen molar-refractivity contribution >= 4 is 32.6 Å². The van der Waals surface area contributed by atoms with Crippen molar-refractivity contribution in [3.63, 3.8) is 0 Å². The molecule has 5 heterocycles. The summed E-state index contributed by atoms with van der Waals surface area (Å²) in [5.41, 5.74) is 5.56. The number of hydrogen-bond acceptors (Lipinski definition) is 13. The fraction of sp³-hybridized carbons (Fsp3) is 0.550. The number of nitrogen functional groups attached to an aromatic ring is 1. The molecule has 0 bridgehead atoms. The monoisotopic (exact) mass is 619 g/mol. The lowest BCUT2D eigenvalue weighted by molar-refractivity contribution is -0.0482. The van der Waals surface area contributed by atoms with Crippen molar-refractivity contribution in [2.75, 3.05) is 18.9 Å². The second-order valence-corrected chi connectivity index (χ2v) is 12.1. The average Bonchev–Trinajstić information content (AvgIpc) is 3.62. The lowest BCUT2D eigenvalue weighted by atomic mass is 10.2. The molecule has 0 aromatic carbocycles. The number of rotatable bonds is 10. The van der Waals surface area contributed by atoms with Gasteiger partial charge in [0, 0.05) is 18.2 Å². The van der Waals surface area contributed by atoms with E-state index in [2.05, 4.69) is 24.5 Å². The van der Waals surface area contributed by atoms with Crippen molar-refractivity contribution in [3.8, 4) is 0 Å². The SMILES string of the molecule is Cc1cn([C@H]2CC[C@@H](COP(=O)(O)O[C@H]3C[C@H](n4cnc5c(N)ncnc54)O[C@@H]3COP(=O)(O)O)O2)c(=O)[nH]c1=O. The lowest BCUT2D eigenvalue weighted by Crippen LogP contribution is -2.33. The number of nitrogens with two attached hydrogens (primary N) is 1. The Morgan fingerprint density at radius 3 is 2.61 bits per heavy atom. The molecule has 6 N–H and O–H groups in total. The van der Waals surface area contributed by atoms with Gasteiger partial charge >= 0.3 is 21.3 Å². The van der Waals surface area contributed by atoms with E-state index in [4.69, 9.17) is 34.0 Å². The number of phosphoric ester groups is 2. The van der Waals surface area contributed by atoms with Gasteiger partial charge < -0.3 is 29.9 Å². The van der Waals surface area contributed by atoms with Crippen LogP contribution in [0.3, 0.4) is 0 Å². The molecular formula is C20H27N7O12P2. The molecule has 1 unspecified atom stereocenters. The minimum Gasteiger partial charge on any atom is -0.382 e. The summed E-state index contributed by atoms with van der Waals surface area (Å²) in [7, 11) is -9.67. The third-order valence-electron chi connectivity index (χ3n) is 6.52. The molecule has 2 aliphatic heterocycles. The quantitative estimate of drug-likeness (QED) is 0.185. The van der Waals surface area contributed by atoms with Crippen molar-refractivity contribution < 1.29 is 46.9 Å². The molecule has 0 amide bonds. The zero-order valence-electron chi connectivity index (χ0n) is 21.4. The second-order valence-electron chi connectivity index (χ2n) is 9.41. The van der Waals surface area contributed by atoms with Crippen LogP contribution < -0.4 is 17.0 Å². The number of H-pyrrole nitrogens is 1. The first kappa shape index (κ1) is 29.7. The van der Waals surface area contributed by atoms with Crippen LogP contribution in [0.1, 0.15) is 37.3 Å². The molecule has 41 heavy (non-hydrogen) atoms. The summed E-state index contributed by atoms with van der Waals surface area (Å²) in [5, 5.41) is 0. The Hall–Kier alpha value is -2.83. The van der Waals surface area contributed by atoms with Crippen molar-refractivity contribution in [1.29, 1.82) is 0 Å². The molecule has 0 spiro atoms. The Kier molecular flexibility index (Phi) is 8.28. The molecule has 6 atom stereocenters. The van der Waals surface area contributed by atoms with Gasteiger partial charge in [-0.25, -0.2) is 28.9 Å². The van der Waals surface area contributed by atoms with Gasteiger partial charge in [-0.1, -0.05) is 0 Å². The number of phosphoric acid groups is 2. The average molecular weight is 619 g/mol. The van der Waals surface area contributed by atoms with E-state index in [9.17, 15) is 23.6 Å². The van der Waals surface area contributed by atoms with Crippen molar-refractivity contribution in [2.24, 2.45) is 0 Å². The zero-order valence-corrected chi connectivity index (χ0v) is 23.2. The summed E-state index contributed by atoms with van der Waals surface area (Å²) in [5.74, 6) is 0.117. The van der Waals surface area contributed by atoms with Crippen LogP contribution in [0.2, 0.25) is 0 Å². The molecule has 3 aromatic rings. The Labute approximate surface area is 230 Å². The minimum absolute atomic E-state index is 0.0745. The molecule has 2 aliphatic rings. The normalized spacial score (nSPS) is 26.5. The van der Waals surface area contributed by atoms with Gasteiger partial charge in [-0.15, -0.1) is 0 Å². The third-order valence-corrected chi connectivity index (χ3v) is 8.02. The molecule has 19 nitrogen and oxygen atoms in total. The maximum absolute atomic E-state index is 12.9. The van der Waals surface area contributed by atoms with Gasteiger partial charge in [0.25, 0.3) is 5.56 Å². The van der Waals surface area contributed by atoms with Crippen molar-refractivity contribution in [2.45, 2.75) is 57.0 Å². The van der Waals surface area contributed by atoms with Crippen LogP contribution in [0.5, 0.6) is 0 Å². The fourth-order valence-electron chi connectivity index (χ4n) is 4.58. The largest absolute Gasteiger partial charge is 0.472 e. The molecule has 3 aromatic heterocycles. The number of fused-ring (bicyclic) bond motifs is 1. The summed E-state index contributed by atoms with van der Waals surface area (Å²) in [6, 6.07) is 0. The van der Waals surface area contributed by atoms with Gasteiger partial charge in [-0.2, -0.15) is 0 Å². The van der Waals surface area contributed by atoms with E-state index in [1.54, 1.807) is 0 Å². The van der Waals surface area contributed by atoms with Crippen LogP contribution in [-0.2, 0) is 32.2 Å². The fourth-order valence-corrected chi connectivity index (χ4v) is 5.90. The summed E-state index contributed by atoms with van der Waals surface area (Å²) in [4.78, 5) is 66.8. The molecule has 0 radical (unpaired) electrons. The van der Waals surface area contributed by atoms with Gasteiger partial charge in [0.1, 0.15) is 36.5 Å². The minimum atomic E-state index is -4.90. The number of ether oxygens (including phenoxy) is 2. The second kappa shape index (κ2) is 11.4. The molecule has 0 saturated carbocycles. The van der Waals surface area contributed by atoms with Crippen molar-refractivity contribution in [3.05, 3.63) is 45.3 Å². The predicted molar refractivity (Wildman–Crippen MR) is 136 cm³/mol. The highest BCUT2D eigenvalue weighted by molar-refractivity contribution is 7.47. The summed E-state index contributed by atoms with van der Waals surface area (Å²) in [6.45, 7) is 0.498. The maximum Gasteiger partial charge on any atom is 0.472 e. The first-order chi connectivity index (χ1) is 19.3. The smallest absolute Gasteiger partial charge is 0.382 e. The highest BCUT2D eigenvalue weighted by Crippen LogP contribution is 2.50. The van der Waals surface area contributed by atoms with Gasteiger partial charge in [0.2, 0.25) is 0 Å². The molecule has 21 heteroatoms. The number of nitrogens with zero attached hydrogens (tertiary/aromatic N) is 5. The predicted octanol–water partition coefficient (Wildman–Crippen LogP) is -0.156. The van der Waals surface area contributed by atoms with Crippen LogP contribution in [0, 0.1) is 6.92 Å². The zero-order chi connectivity index (χ0) is 29.5. The van der Waals surface area contributed by atoms with E-state index in [1.165, 1.54) is 34.9 Å². The highest BCUT2D eigenvalue weighted by Gasteiger charge is 2.43. The molecule has 2 fully saturated rings. The highest BCUT2D eigenvalue weighted by atomic mass is 31.2. The first-order valence-electron chi connectivity index (χ1n) is 12.2. The Bertz CT molecular complexity index is 1640. The molecule has 0 aliphatic carbocycles. The van der Waals surface area contributed by atoms with E-state index >= 15 is 0 Å². The topological polar surface area (TPSA) is 265 Å². The number of aromatic amines is 1. The number of aromatic nitrogens is 6. The van der Waals surface area contributed by atoms with E-state index < -0.39 is 64.3 Å². The number of nitrogens with one attached hydrogen (secondary N) is 1. The van der Waals surface area contributed by atoms with Crippen LogP contribution in [-0.4, -0.2) is 75.3 Å². The van der Waals surface area contributed by atoms with E-state index in [1.807, 2.05) is 0 Å². The van der Waals surface area contributed by atoms with E-state index in [0.717, 1.165) is 0 Å². The van der Waals surface area contributed by atoms with Gasteiger partial charge in [0.05, 0.1) is 25.6 Å².